The molecular formula is C19H22BrN3O4S. The number of fused-ring (bicyclic) bond motifs is 1. The van der Waals surface area contributed by atoms with E-state index in [0.29, 0.717) is 10.0 Å². The number of benzene rings is 1. The average Bonchev–Trinajstić information content (AvgIpc) is 3.13. The van der Waals surface area contributed by atoms with Gasteiger partial charge in [0.2, 0.25) is 5.91 Å². The van der Waals surface area contributed by atoms with Crippen molar-refractivity contribution in [3.8, 4) is 0 Å². The number of carbonyl (C=O) groups is 3. The van der Waals surface area contributed by atoms with Crippen LogP contribution in [0.5, 0.6) is 0 Å². The third-order valence-corrected chi connectivity index (χ3v) is 6.33. The van der Waals surface area contributed by atoms with Gasteiger partial charge in [0.15, 0.2) is 0 Å². The summed E-state index contributed by atoms with van der Waals surface area (Å²) in [5, 5.41) is 10.5. The maximum absolute atomic E-state index is 12.6. The van der Waals surface area contributed by atoms with Crippen LogP contribution in [-0.4, -0.2) is 47.9 Å². The van der Waals surface area contributed by atoms with Gasteiger partial charge in [0.1, 0.15) is 24.1 Å². The van der Waals surface area contributed by atoms with Gasteiger partial charge in [-0.2, -0.15) is 0 Å². The van der Waals surface area contributed by atoms with Gasteiger partial charge >= 0.3 is 5.97 Å². The second-order valence-electron chi connectivity index (χ2n) is 6.94. The summed E-state index contributed by atoms with van der Waals surface area (Å²) in [4.78, 5) is 37.2. The van der Waals surface area contributed by atoms with E-state index in [4.69, 9.17) is 4.74 Å². The van der Waals surface area contributed by atoms with E-state index < -0.39 is 18.2 Å². The summed E-state index contributed by atoms with van der Waals surface area (Å²) in [7, 11) is 0. The SMILES string of the molecule is CC(C)[C@H](NC(=O)c1ccccc1Br)C(=O)OCC1NC(=O)C2SC=CC2N1. The van der Waals surface area contributed by atoms with Crippen LogP contribution in [-0.2, 0) is 14.3 Å². The molecule has 1 aromatic carbocycles. The van der Waals surface area contributed by atoms with Crippen LogP contribution in [0, 0.1) is 5.92 Å². The number of ether oxygens (including phenoxy) is 1. The summed E-state index contributed by atoms with van der Waals surface area (Å²) in [6.45, 7) is 3.65. The third kappa shape index (κ3) is 4.76. The smallest absolute Gasteiger partial charge is 0.329 e. The Kier molecular flexibility index (Phi) is 6.79. The van der Waals surface area contributed by atoms with Crippen molar-refractivity contribution < 1.29 is 19.1 Å². The standard InChI is InChI=1S/C19H22BrN3O4S/c1-10(2)15(23-17(24)11-5-3-4-6-12(11)20)19(26)27-9-14-21-13-7-8-28-16(13)18(25)22-14/h3-8,10,13-16,21H,9H2,1-2H3,(H,22,25)(H,23,24)/t13?,14?,15-,16?/m0/s1. The van der Waals surface area contributed by atoms with E-state index in [1.807, 2.05) is 31.4 Å². The van der Waals surface area contributed by atoms with E-state index in [-0.39, 0.29) is 35.6 Å². The van der Waals surface area contributed by atoms with Crippen molar-refractivity contribution in [1.29, 1.82) is 0 Å². The largest absolute Gasteiger partial charge is 0.461 e. The molecule has 7 nitrogen and oxygen atoms in total. The van der Waals surface area contributed by atoms with Crippen molar-refractivity contribution in [1.82, 2.24) is 16.0 Å². The molecule has 1 fully saturated rings. The van der Waals surface area contributed by atoms with Crippen LogP contribution in [0.1, 0.15) is 24.2 Å². The van der Waals surface area contributed by atoms with Crippen LogP contribution in [0.25, 0.3) is 0 Å². The molecule has 2 aliphatic heterocycles. The van der Waals surface area contributed by atoms with Gasteiger partial charge in [0, 0.05) is 10.5 Å². The molecule has 3 rings (SSSR count). The summed E-state index contributed by atoms with van der Waals surface area (Å²) in [5.74, 6) is -1.14. The van der Waals surface area contributed by atoms with Crippen LogP contribution in [0.15, 0.2) is 40.2 Å². The normalized spacial score (nSPS) is 24.4. The van der Waals surface area contributed by atoms with E-state index in [1.54, 1.807) is 18.2 Å². The number of amides is 2. The first kappa shape index (κ1) is 20.9. The summed E-state index contributed by atoms with van der Waals surface area (Å²) in [5.41, 5.74) is 0.443. The molecule has 3 N–H and O–H groups in total. The zero-order chi connectivity index (χ0) is 20.3. The Bertz CT molecular complexity index is 801. The molecule has 2 heterocycles. The zero-order valence-electron chi connectivity index (χ0n) is 15.5. The number of nitrogens with one attached hydrogen (secondary N) is 3. The van der Waals surface area contributed by atoms with Gasteiger partial charge in [-0.1, -0.05) is 32.1 Å². The average molecular weight is 468 g/mol. The second kappa shape index (κ2) is 9.11. The van der Waals surface area contributed by atoms with Crippen molar-refractivity contribution in [3.63, 3.8) is 0 Å². The van der Waals surface area contributed by atoms with Gasteiger partial charge in [0.25, 0.3) is 5.91 Å². The number of hydrogen-bond donors (Lipinski definition) is 3. The van der Waals surface area contributed by atoms with E-state index in [0.717, 1.165) is 0 Å². The van der Waals surface area contributed by atoms with Gasteiger partial charge in [-0.15, -0.1) is 11.8 Å². The number of carbonyl (C=O) groups excluding carboxylic acids is 3. The highest BCUT2D eigenvalue weighted by Crippen LogP contribution is 2.27. The van der Waals surface area contributed by atoms with Gasteiger partial charge in [-0.25, -0.2) is 4.79 Å². The number of thioether (sulfide) groups is 1. The molecule has 0 aliphatic carbocycles. The Labute approximate surface area is 176 Å². The molecule has 0 radical (unpaired) electrons. The first-order chi connectivity index (χ1) is 13.4. The molecule has 4 atom stereocenters. The highest BCUT2D eigenvalue weighted by molar-refractivity contribution is 9.10. The van der Waals surface area contributed by atoms with Crippen molar-refractivity contribution >= 4 is 45.5 Å². The lowest BCUT2D eigenvalue weighted by molar-refractivity contribution is -0.149. The van der Waals surface area contributed by atoms with Crippen molar-refractivity contribution in [2.45, 2.75) is 37.3 Å². The summed E-state index contributed by atoms with van der Waals surface area (Å²) >= 11 is 4.80. The molecule has 2 amide bonds. The van der Waals surface area contributed by atoms with Crippen molar-refractivity contribution in [3.05, 3.63) is 45.8 Å². The molecule has 1 aromatic rings. The molecule has 28 heavy (non-hydrogen) atoms. The van der Waals surface area contributed by atoms with Crippen molar-refractivity contribution in [2.24, 2.45) is 5.92 Å². The van der Waals surface area contributed by atoms with E-state index >= 15 is 0 Å². The summed E-state index contributed by atoms with van der Waals surface area (Å²) in [6.07, 6.45) is 1.46. The number of esters is 1. The predicted octanol–water partition coefficient (Wildman–Crippen LogP) is 1.79. The minimum absolute atomic E-state index is 0.0135. The first-order valence-corrected chi connectivity index (χ1v) is 10.7. The molecule has 3 unspecified atom stereocenters. The Balaban J connectivity index is 1.57. The molecule has 0 bridgehead atoms. The van der Waals surface area contributed by atoms with Gasteiger partial charge in [-0.05, 0) is 39.4 Å². The summed E-state index contributed by atoms with van der Waals surface area (Å²) in [6, 6.07) is 6.13. The van der Waals surface area contributed by atoms with Gasteiger partial charge in [-0.3, -0.25) is 14.9 Å². The van der Waals surface area contributed by atoms with Gasteiger partial charge in [0.05, 0.1) is 5.56 Å². The van der Waals surface area contributed by atoms with Crippen LogP contribution in [0.4, 0.5) is 0 Å². The monoisotopic (exact) mass is 467 g/mol. The lowest BCUT2D eigenvalue weighted by Crippen LogP contribution is -2.63. The number of halogens is 1. The highest BCUT2D eigenvalue weighted by Gasteiger charge is 2.38. The fourth-order valence-corrected chi connectivity index (χ4v) is 4.43. The Morgan fingerprint density at radius 1 is 1.32 bits per heavy atom. The molecule has 1 saturated heterocycles. The minimum Gasteiger partial charge on any atom is -0.461 e. The Morgan fingerprint density at radius 3 is 2.79 bits per heavy atom. The van der Waals surface area contributed by atoms with Crippen LogP contribution >= 0.6 is 27.7 Å². The maximum Gasteiger partial charge on any atom is 0.329 e. The van der Waals surface area contributed by atoms with E-state index in [1.165, 1.54) is 11.8 Å². The van der Waals surface area contributed by atoms with Crippen LogP contribution in [0.2, 0.25) is 0 Å². The van der Waals surface area contributed by atoms with Crippen molar-refractivity contribution in [2.75, 3.05) is 6.61 Å². The molecular weight excluding hydrogens is 446 g/mol. The fourth-order valence-electron chi connectivity index (χ4n) is 3.00. The zero-order valence-corrected chi connectivity index (χ0v) is 17.9. The van der Waals surface area contributed by atoms with Crippen LogP contribution < -0.4 is 16.0 Å². The van der Waals surface area contributed by atoms with Crippen LogP contribution in [0.3, 0.4) is 0 Å². The topological polar surface area (TPSA) is 96.5 Å². The van der Waals surface area contributed by atoms with E-state index in [9.17, 15) is 14.4 Å². The molecule has 0 spiro atoms. The number of rotatable bonds is 6. The number of hydrogen-bond acceptors (Lipinski definition) is 6. The molecule has 0 saturated carbocycles. The highest BCUT2D eigenvalue weighted by atomic mass is 79.9. The second-order valence-corrected chi connectivity index (χ2v) is 8.85. The maximum atomic E-state index is 12.6. The molecule has 2 aliphatic rings. The quantitative estimate of drug-likeness (QED) is 0.551. The molecule has 0 aromatic heterocycles. The van der Waals surface area contributed by atoms with Gasteiger partial charge < -0.3 is 15.4 Å². The first-order valence-electron chi connectivity index (χ1n) is 8.97. The Morgan fingerprint density at radius 2 is 2.07 bits per heavy atom. The third-order valence-electron chi connectivity index (χ3n) is 4.52. The minimum atomic E-state index is -0.798. The fraction of sp³-hybridized carbons (Fsp3) is 0.421. The predicted molar refractivity (Wildman–Crippen MR) is 111 cm³/mol. The Hall–Kier alpha value is -1.84. The lowest BCUT2D eigenvalue weighted by Gasteiger charge is -2.33. The lowest BCUT2D eigenvalue weighted by atomic mass is 10.0. The molecule has 9 heteroatoms. The summed E-state index contributed by atoms with van der Waals surface area (Å²) < 4.78 is 6.04. The molecule has 150 valence electrons. The van der Waals surface area contributed by atoms with E-state index in [2.05, 4.69) is 31.9 Å².